The van der Waals surface area contributed by atoms with Gasteiger partial charge in [0.15, 0.2) is 5.65 Å². The molecule has 3 heterocycles. The number of pyridine rings is 1. The van der Waals surface area contributed by atoms with Crippen LogP contribution in [0.25, 0.3) is 11.0 Å². The second kappa shape index (κ2) is 3.80. The quantitative estimate of drug-likeness (QED) is 0.723. The van der Waals surface area contributed by atoms with Gasteiger partial charge < -0.3 is 9.31 Å². The van der Waals surface area contributed by atoms with Gasteiger partial charge in [0.2, 0.25) is 0 Å². The second-order valence-electron chi connectivity index (χ2n) is 6.04. The minimum Gasteiger partial charge on any atom is -0.399 e. The Kier molecular flexibility index (Phi) is 2.53. The first-order valence-electron chi connectivity index (χ1n) is 6.43. The van der Waals surface area contributed by atoms with Gasteiger partial charge in [-0.05, 0) is 33.8 Å². The van der Waals surface area contributed by atoms with Crippen LogP contribution in [-0.2, 0) is 16.4 Å². The van der Waals surface area contributed by atoms with Crippen molar-refractivity contribution in [3.63, 3.8) is 0 Å². The highest BCUT2D eigenvalue weighted by molar-refractivity contribution is 6.62. The van der Waals surface area contributed by atoms with Gasteiger partial charge in [-0.15, -0.1) is 0 Å². The van der Waals surface area contributed by atoms with Gasteiger partial charge in [-0.1, -0.05) is 0 Å². The third kappa shape index (κ3) is 1.86. The zero-order chi connectivity index (χ0) is 13.8. The van der Waals surface area contributed by atoms with E-state index < -0.39 is 0 Å². The molecule has 0 amide bonds. The maximum absolute atomic E-state index is 6.02. The van der Waals surface area contributed by atoms with Crippen molar-refractivity contribution in [2.24, 2.45) is 7.05 Å². The van der Waals surface area contributed by atoms with Crippen LogP contribution in [0.2, 0.25) is 0 Å². The molecule has 0 unspecified atom stereocenters. The summed E-state index contributed by atoms with van der Waals surface area (Å²) in [5.74, 6) is 0. The number of rotatable bonds is 1. The third-order valence-electron chi connectivity index (χ3n) is 4.12. The molecular formula is C13H18BN3O2. The molecule has 0 N–H and O–H groups in total. The van der Waals surface area contributed by atoms with Crippen molar-refractivity contribution < 1.29 is 9.31 Å². The topological polar surface area (TPSA) is 49.2 Å². The van der Waals surface area contributed by atoms with E-state index in [9.17, 15) is 0 Å². The van der Waals surface area contributed by atoms with Crippen LogP contribution < -0.4 is 5.46 Å². The van der Waals surface area contributed by atoms with E-state index in [1.54, 1.807) is 17.1 Å². The second-order valence-corrected chi connectivity index (χ2v) is 6.04. The van der Waals surface area contributed by atoms with E-state index in [0.717, 1.165) is 16.5 Å². The predicted octanol–water partition coefficient (Wildman–Crippen LogP) is 1.27. The van der Waals surface area contributed by atoms with E-state index in [1.165, 1.54) is 0 Å². The molecule has 1 aliphatic rings. The molecule has 0 bridgehead atoms. The predicted molar refractivity (Wildman–Crippen MR) is 74.2 cm³/mol. The highest BCUT2D eigenvalue weighted by Gasteiger charge is 2.51. The fourth-order valence-corrected chi connectivity index (χ4v) is 2.17. The van der Waals surface area contributed by atoms with E-state index >= 15 is 0 Å². The van der Waals surface area contributed by atoms with Gasteiger partial charge in [0.1, 0.15) is 0 Å². The Hall–Kier alpha value is -1.40. The Labute approximate surface area is 113 Å². The summed E-state index contributed by atoms with van der Waals surface area (Å²) >= 11 is 0. The lowest BCUT2D eigenvalue weighted by molar-refractivity contribution is 0.00578. The average Bonchev–Trinajstić information content (AvgIpc) is 2.78. The summed E-state index contributed by atoms with van der Waals surface area (Å²) in [6.45, 7) is 8.18. The van der Waals surface area contributed by atoms with Crippen molar-refractivity contribution in [2.75, 3.05) is 0 Å². The summed E-state index contributed by atoms with van der Waals surface area (Å²) in [6.07, 6.45) is 3.60. The lowest BCUT2D eigenvalue weighted by Gasteiger charge is -2.32. The average molecular weight is 259 g/mol. The highest BCUT2D eigenvalue weighted by atomic mass is 16.7. The van der Waals surface area contributed by atoms with Crippen molar-refractivity contribution in [1.82, 2.24) is 14.8 Å². The Morgan fingerprint density at radius 3 is 2.37 bits per heavy atom. The number of hydrogen-bond acceptors (Lipinski definition) is 4. The van der Waals surface area contributed by atoms with E-state index in [1.807, 2.05) is 40.8 Å². The van der Waals surface area contributed by atoms with Crippen LogP contribution in [0.3, 0.4) is 0 Å². The fraction of sp³-hybridized carbons (Fsp3) is 0.538. The van der Waals surface area contributed by atoms with Crippen LogP contribution in [0.4, 0.5) is 0 Å². The monoisotopic (exact) mass is 259 g/mol. The highest BCUT2D eigenvalue weighted by Crippen LogP contribution is 2.36. The van der Waals surface area contributed by atoms with Gasteiger partial charge in [0.05, 0.1) is 17.4 Å². The molecule has 19 heavy (non-hydrogen) atoms. The summed E-state index contributed by atoms with van der Waals surface area (Å²) in [6, 6.07) is 2.03. The number of nitrogens with zero attached hydrogens (tertiary/aromatic N) is 3. The number of fused-ring (bicyclic) bond motifs is 1. The van der Waals surface area contributed by atoms with Crippen LogP contribution in [0.5, 0.6) is 0 Å². The molecule has 5 nitrogen and oxygen atoms in total. The van der Waals surface area contributed by atoms with Crippen LogP contribution in [0, 0.1) is 0 Å². The van der Waals surface area contributed by atoms with Gasteiger partial charge in [0, 0.05) is 24.1 Å². The van der Waals surface area contributed by atoms with Crippen LogP contribution >= 0.6 is 0 Å². The minimum absolute atomic E-state index is 0.332. The summed E-state index contributed by atoms with van der Waals surface area (Å²) in [5.41, 5.74) is 1.13. The summed E-state index contributed by atoms with van der Waals surface area (Å²) in [5, 5.41) is 5.19. The number of aryl methyl sites for hydroxylation is 1. The molecule has 2 aromatic heterocycles. The van der Waals surface area contributed by atoms with Gasteiger partial charge in [-0.3, -0.25) is 4.68 Å². The molecule has 0 radical (unpaired) electrons. The first kappa shape index (κ1) is 12.6. The van der Waals surface area contributed by atoms with Crippen LogP contribution in [-0.4, -0.2) is 33.1 Å². The van der Waals surface area contributed by atoms with Gasteiger partial charge in [-0.2, -0.15) is 5.10 Å². The molecule has 1 aliphatic heterocycles. The molecule has 6 heteroatoms. The molecule has 0 aromatic carbocycles. The Bertz CT molecular complexity index is 620. The first-order chi connectivity index (χ1) is 8.80. The SMILES string of the molecule is Cn1ncc2cc(B3OC(C)(C)C(C)(C)O3)cnc21. The van der Waals surface area contributed by atoms with Crippen molar-refractivity contribution in [2.45, 2.75) is 38.9 Å². The minimum atomic E-state index is -0.373. The zero-order valence-corrected chi connectivity index (χ0v) is 12.0. The third-order valence-corrected chi connectivity index (χ3v) is 4.12. The molecule has 0 aliphatic carbocycles. The van der Waals surface area contributed by atoms with Crippen molar-refractivity contribution in [1.29, 1.82) is 0 Å². The van der Waals surface area contributed by atoms with Gasteiger partial charge in [-0.25, -0.2) is 4.98 Å². The first-order valence-corrected chi connectivity index (χ1v) is 6.43. The summed E-state index contributed by atoms with van der Waals surface area (Å²) in [4.78, 5) is 4.42. The summed E-state index contributed by atoms with van der Waals surface area (Å²) in [7, 11) is 1.51. The molecule has 0 atom stereocenters. The van der Waals surface area contributed by atoms with Crippen LogP contribution in [0.15, 0.2) is 18.5 Å². The molecule has 3 rings (SSSR count). The molecule has 1 fully saturated rings. The number of hydrogen-bond donors (Lipinski definition) is 0. The van der Waals surface area contributed by atoms with E-state index in [4.69, 9.17) is 9.31 Å². The summed E-state index contributed by atoms with van der Waals surface area (Å²) < 4.78 is 13.8. The Morgan fingerprint density at radius 2 is 1.74 bits per heavy atom. The molecule has 0 saturated carbocycles. The van der Waals surface area contributed by atoms with E-state index in [0.29, 0.717) is 0 Å². The van der Waals surface area contributed by atoms with Crippen molar-refractivity contribution >= 4 is 23.6 Å². The zero-order valence-electron chi connectivity index (χ0n) is 12.0. The molecule has 2 aromatic rings. The molecule has 0 spiro atoms. The lowest BCUT2D eigenvalue weighted by Crippen LogP contribution is -2.41. The lowest BCUT2D eigenvalue weighted by atomic mass is 9.80. The van der Waals surface area contributed by atoms with Crippen molar-refractivity contribution in [3.8, 4) is 0 Å². The van der Waals surface area contributed by atoms with E-state index in [2.05, 4.69) is 10.1 Å². The number of aromatic nitrogens is 3. The van der Waals surface area contributed by atoms with Crippen LogP contribution in [0.1, 0.15) is 27.7 Å². The maximum atomic E-state index is 6.02. The molecule has 1 saturated heterocycles. The fourth-order valence-electron chi connectivity index (χ4n) is 2.17. The molecule has 100 valence electrons. The van der Waals surface area contributed by atoms with E-state index in [-0.39, 0.29) is 18.3 Å². The normalized spacial score (nSPS) is 21.2. The Balaban J connectivity index is 1.98. The smallest absolute Gasteiger partial charge is 0.399 e. The molecular weight excluding hydrogens is 241 g/mol. The van der Waals surface area contributed by atoms with Gasteiger partial charge >= 0.3 is 7.12 Å². The maximum Gasteiger partial charge on any atom is 0.496 e. The largest absolute Gasteiger partial charge is 0.496 e. The Morgan fingerprint density at radius 1 is 1.11 bits per heavy atom. The van der Waals surface area contributed by atoms with Gasteiger partial charge in [0.25, 0.3) is 0 Å². The standard InChI is InChI=1S/C13H18BN3O2/c1-12(2)13(3,4)19-14(18-12)10-6-9-7-16-17(5)11(9)15-8-10/h6-8H,1-5H3. The van der Waals surface area contributed by atoms with Crippen molar-refractivity contribution in [3.05, 3.63) is 18.5 Å².